The summed E-state index contributed by atoms with van der Waals surface area (Å²) in [5, 5.41) is 11.1. The molecule has 0 amide bonds. The Morgan fingerprint density at radius 2 is 1.53 bits per heavy atom. The van der Waals surface area contributed by atoms with Crippen LogP contribution in [0, 0.1) is 5.92 Å². The highest BCUT2D eigenvalue weighted by Crippen LogP contribution is 2.28. The minimum atomic E-state index is 0. The van der Waals surface area contributed by atoms with Gasteiger partial charge in [-0.05, 0) is 66.6 Å². The highest BCUT2D eigenvalue weighted by atomic mass is 15.2. The first kappa shape index (κ1) is 24.0. The monoisotopic (exact) mass is 455 g/mol. The van der Waals surface area contributed by atoms with E-state index in [1.807, 2.05) is 26.2 Å². The van der Waals surface area contributed by atoms with Gasteiger partial charge < -0.3 is 15.5 Å². The predicted octanol–water partition coefficient (Wildman–Crippen LogP) is 6.25. The summed E-state index contributed by atoms with van der Waals surface area (Å²) in [5.74, 6) is 2.44. The molecule has 5 nitrogen and oxygen atoms in total. The fraction of sp³-hybridized carbons (Fsp3) is 0.379. The van der Waals surface area contributed by atoms with Gasteiger partial charge >= 0.3 is 0 Å². The Balaban J connectivity index is 0.00000274. The Bertz CT molecular complexity index is 1220. The molecule has 1 aromatic heterocycles. The third-order valence-corrected chi connectivity index (χ3v) is 6.82. The zero-order valence-electron chi connectivity index (χ0n) is 19.6. The maximum atomic E-state index is 4.81. The lowest BCUT2D eigenvalue weighted by Gasteiger charge is -2.29. The number of hydrogen-bond donors (Lipinski definition) is 2. The van der Waals surface area contributed by atoms with E-state index in [1.54, 1.807) is 0 Å². The van der Waals surface area contributed by atoms with E-state index in [2.05, 4.69) is 70.1 Å². The molecule has 0 saturated heterocycles. The quantitative estimate of drug-likeness (QED) is 0.345. The number of hydrogen-bond acceptors (Lipinski definition) is 5. The Kier molecular flexibility index (Phi) is 7.63. The molecule has 4 aromatic rings. The van der Waals surface area contributed by atoms with Crippen molar-refractivity contribution < 1.29 is 0 Å². The summed E-state index contributed by atoms with van der Waals surface area (Å²) in [4.78, 5) is 11.7. The molecule has 0 aliphatic heterocycles. The van der Waals surface area contributed by atoms with Gasteiger partial charge in [0.1, 0.15) is 5.82 Å². The lowest BCUT2D eigenvalue weighted by atomic mass is 9.86. The standard InChI is InChI=1S/C28H33N5.CH4/c1-33(2)27-25-12-5-6-13-26(25)31-28(32-27)30-23-16-14-20(15-17-23)18-29-19-22-10-7-9-21-8-3-4-11-24(21)22;/h3-13,20,23,29H,14-19H2,1-2H3,(H,30,31,32);1H4. The van der Waals surface area contributed by atoms with Crippen LogP contribution in [0.25, 0.3) is 21.7 Å². The molecular weight excluding hydrogens is 418 g/mol. The number of anilines is 2. The second kappa shape index (κ2) is 10.8. The van der Waals surface area contributed by atoms with Crippen LogP contribution >= 0.6 is 0 Å². The number of aromatic nitrogens is 2. The molecule has 0 radical (unpaired) electrons. The summed E-state index contributed by atoms with van der Waals surface area (Å²) < 4.78 is 0. The topological polar surface area (TPSA) is 53.1 Å². The molecule has 34 heavy (non-hydrogen) atoms. The average Bonchev–Trinajstić information content (AvgIpc) is 2.85. The Morgan fingerprint density at radius 1 is 0.824 bits per heavy atom. The molecule has 1 fully saturated rings. The molecule has 1 saturated carbocycles. The number of nitrogens with one attached hydrogen (secondary N) is 2. The van der Waals surface area contributed by atoms with Crippen LogP contribution in [-0.2, 0) is 6.54 Å². The molecule has 2 N–H and O–H groups in total. The van der Waals surface area contributed by atoms with E-state index in [9.17, 15) is 0 Å². The van der Waals surface area contributed by atoms with Gasteiger partial charge in [-0.15, -0.1) is 0 Å². The first-order chi connectivity index (χ1) is 16.2. The fourth-order valence-electron chi connectivity index (χ4n) is 5.02. The van der Waals surface area contributed by atoms with Crippen molar-refractivity contribution in [2.24, 2.45) is 5.92 Å². The lowest BCUT2D eigenvalue weighted by molar-refractivity contribution is 0.324. The van der Waals surface area contributed by atoms with Gasteiger partial charge in [0, 0.05) is 32.1 Å². The second-order valence-electron chi connectivity index (χ2n) is 9.41. The number of rotatable bonds is 7. The second-order valence-corrected chi connectivity index (χ2v) is 9.41. The normalized spacial score (nSPS) is 17.9. The Hall–Kier alpha value is -3.18. The van der Waals surface area contributed by atoms with Crippen LogP contribution in [0.3, 0.4) is 0 Å². The van der Waals surface area contributed by atoms with E-state index in [0.717, 1.165) is 54.5 Å². The predicted molar refractivity (Wildman–Crippen MR) is 146 cm³/mol. The van der Waals surface area contributed by atoms with Crippen LogP contribution in [0.2, 0.25) is 0 Å². The van der Waals surface area contributed by atoms with Crippen LogP contribution in [0.1, 0.15) is 38.7 Å². The van der Waals surface area contributed by atoms with Crippen molar-refractivity contribution in [3.8, 4) is 0 Å². The van der Waals surface area contributed by atoms with E-state index in [4.69, 9.17) is 9.97 Å². The van der Waals surface area contributed by atoms with E-state index < -0.39 is 0 Å². The third kappa shape index (κ3) is 5.31. The zero-order chi connectivity index (χ0) is 22.6. The van der Waals surface area contributed by atoms with Crippen molar-refractivity contribution in [3.63, 3.8) is 0 Å². The van der Waals surface area contributed by atoms with Crippen molar-refractivity contribution in [2.45, 2.75) is 45.7 Å². The highest BCUT2D eigenvalue weighted by molar-refractivity contribution is 5.90. The molecule has 1 aliphatic carbocycles. The van der Waals surface area contributed by atoms with Crippen molar-refractivity contribution in [2.75, 3.05) is 30.9 Å². The van der Waals surface area contributed by atoms with Gasteiger partial charge in [-0.2, -0.15) is 4.98 Å². The van der Waals surface area contributed by atoms with Crippen molar-refractivity contribution >= 4 is 33.4 Å². The number of para-hydroxylation sites is 1. The van der Waals surface area contributed by atoms with Crippen molar-refractivity contribution in [1.29, 1.82) is 0 Å². The first-order valence-corrected chi connectivity index (χ1v) is 12.1. The van der Waals surface area contributed by atoms with E-state index in [0.29, 0.717) is 6.04 Å². The summed E-state index contributed by atoms with van der Waals surface area (Å²) in [7, 11) is 4.07. The maximum Gasteiger partial charge on any atom is 0.225 e. The van der Waals surface area contributed by atoms with E-state index >= 15 is 0 Å². The summed E-state index contributed by atoms with van der Waals surface area (Å²) >= 11 is 0. The molecule has 3 aromatic carbocycles. The van der Waals surface area contributed by atoms with Gasteiger partial charge in [0.25, 0.3) is 0 Å². The van der Waals surface area contributed by atoms with E-state index in [-0.39, 0.29) is 7.43 Å². The van der Waals surface area contributed by atoms with Gasteiger partial charge in [0.15, 0.2) is 0 Å². The smallest absolute Gasteiger partial charge is 0.225 e. The summed E-state index contributed by atoms with van der Waals surface area (Å²) in [6, 6.07) is 23.9. The largest absolute Gasteiger partial charge is 0.362 e. The fourth-order valence-corrected chi connectivity index (χ4v) is 5.02. The minimum Gasteiger partial charge on any atom is -0.362 e. The SMILES string of the molecule is C.CN(C)c1nc(NC2CCC(CNCc3cccc4ccccc34)CC2)nc2ccccc12. The van der Waals surface area contributed by atoms with Crippen molar-refractivity contribution in [1.82, 2.24) is 15.3 Å². The summed E-state index contributed by atoms with van der Waals surface area (Å²) in [5.41, 5.74) is 2.37. The highest BCUT2D eigenvalue weighted by Gasteiger charge is 2.22. The van der Waals surface area contributed by atoms with Gasteiger partial charge in [0.2, 0.25) is 5.95 Å². The molecule has 1 aliphatic rings. The molecule has 5 rings (SSSR count). The average molecular weight is 456 g/mol. The summed E-state index contributed by atoms with van der Waals surface area (Å²) in [6.07, 6.45) is 4.78. The van der Waals surface area contributed by atoms with Gasteiger partial charge in [-0.25, -0.2) is 4.98 Å². The number of benzene rings is 3. The molecule has 5 heteroatoms. The summed E-state index contributed by atoms with van der Waals surface area (Å²) in [6.45, 7) is 2.00. The van der Waals surface area contributed by atoms with Crippen LogP contribution < -0.4 is 15.5 Å². The minimum absolute atomic E-state index is 0. The molecule has 0 spiro atoms. The Morgan fingerprint density at radius 3 is 2.32 bits per heavy atom. The van der Waals surface area contributed by atoms with Gasteiger partial charge in [-0.3, -0.25) is 0 Å². The van der Waals surface area contributed by atoms with Crippen LogP contribution in [-0.4, -0.2) is 36.6 Å². The van der Waals surface area contributed by atoms with Crippen LogP contribution in [0.15, 0.2) is 66.7 Å². The molecule has 178 valence electrons. The van der Waals surface area contributed by atoms with Crippen LogP contribution in [0.5, 0.6) is 0 Å². The van der Waals surface area contributed by atoms with Crippen LogP contribution in [0.4, 0.5) is 11.8 Å². The maximum absolute atomic E-state index is 4.81. The first-order valence-electron chi connectivity index (χ1n) is 12.1. The Labute approximate surface area is 203 Å². The van der Waals surface area contributed by atoms with Gasteiger partial charge in [-0.1, -0.05) is 62.0 Å². The molecular formula is C29H37N5. The van der Waals surface area contributed by atoms with Gasteiger partial charge in [0.05, 0.1) is 5.52 Å². The third-order valence-electron chi connectivity index (χ3n) is 6.82. The molecule has 0 bridgehead atoms. The zero-order valence-corrected chi connectivity index (χ0v) is 19.6. The molecule has 0 unspecified atom stereocenters. The lowest BCUT2D eigenvalue weighted by Crippen LogP contribution is -2.31. The van der Waals surface area contributed by atoms with E-state index in [1.165, 1.54) is 29.2 Å². The van der Waals surface area contributed by atoms with Crippen molar-refractivity contribution in [3.05, 3.63) is 72.3 Å². The number of fused-ring (bicyclic) bond motifs is 2. The molecule has 0 atom stereocenters. The number of nitrogens with zero attached hydrogens (tertiary/aromatic N) is 3. The molecule has 1 heterocycles.